The summed E-state index contributed by atoms with van der Waals surface area (Å²) in [6, 6.07) is 8.02. The van der Waals surface area contributed by atoms with Crippen molar-refractivity contribution in [2.24, 2.45) is 5.92 Å². The third-order valence-electron chi connectivity index (χ3n) is 3.75. The van der Waals surface area contributed by atoms with Gasteiger partial charge in [-0.15, -0.1) is 0 Å². The van der Waals surface area contributed by atoms with E-state index in [1.165, 1.54) is 5.69 Å². The van der Waals surface area contributed by atoms with E-state index in [1.807, 2.05) is 26.0 Å². The van der Waals surface area contributed by atoms with Crippen LogP contribution in [0.1, 0.15) is 26.7 Å². The van der Waals surface area contributed by atoms with Gasteiger partial charge in [0.05, 0.1) is 5.60 Å². The lowest BCUT2D eigenvalue weighted by Gasteiger charge is -2.38. The molecule has 0 amide bonds. The van der Waals surface area contributed by atoms with E-state index in [-0.39, 0.29) is 0 Å². The van der Waals surface area contributed by atoms with Crippen LogP contribution in [0.15, 0.2) is 24.3 Å². The summed E-state index contributed by atoms with van der Waals surface area (Å²) >= 11 is 0. The van der Waals surface area contributed by atoms with Gasteiger partial charge in [-0.1, -0.05) is 0 Å². The molecule has 2 rings (SSSR count). The van der Waals surface area contributed by atoms with Crippen molar-refractivity contribution in [3.8, 4) is 0 Å². The van der Waals surface area contributed by atoms with E-state index in [9.17, 15) is 5.11 Å². The van der Waals surface area contributed by atoms with E-state index in [0.717, 1.165) is 31.6 Å². The molecule has 17 heavy (non-hydrogen) atoms. The van der Waals surface area contributed by atoms with Crippen LogP contribution in [-0.2, 0) is 0 Å². The molecule has 0 spiro atoms. The molecule has 0 aliphatic carbocycles. The van der Waals surface area contributed by atoms with E-state index in [1.54, 1.807) is 0 Å². The molecule has 1 fully saturated rings. The molecule has 1 aliphatic rings. The van der Waals surface area contributed by atoms with Crippen molar-refractivity contribution in [3.05, 3.63) is 24.3 Å². The van der Waals surface area contributed by atoms with E-state index in [0.29, 0.717) is 5.92 Å². The molecule has 0 aromatic heterocycles. The van der Waals surface area contributed by atoms with Crippen molar-refractivity contribution < 1.29 is 5.11 Å². The molecular weight excluding hydrogens is 212 g/mol. The number of rotatable bonds is 2. The SMILES string of the molecule is CC(C)(O)C1CCN(c2ccc(N)cc2)CC1. The molecule has 1 aromatic rings. The standard InChI is InChI=1S/C14H22N2O/c1-14(2,17)11-7-9-16(10-8-11)13-5-3-12(15)4-6-13/h3-6,11,17H,7-10,15H2,1-2H3. The van der Waals surface area contributed by atoms with Gasteiger partial charge in [-0.25, -0.2) is 0 Å². The summed E-state index contributed by atoms with van der Waals surface area (Å²) < 4.78 is 0. The normalized spacial score (nSPS) is 18.4. The second kappa shape index (κ2) is 4.57. The first kappa shape index (κ1) is 12.2. The molecule has 3 nitrogen and oxygen atoms in total. The van der Waals surface area contributed by atoms with Crippen LogP contribution in [-0.4, -0.2) is 23.8 Å². The predicted octanol–water partition coefficient (Wildman–Crippen LogP) is 2.26. The Balaban J connectivity index is 1.97. The first-order valence-electron chi connectivity index (χ1n) is 6.29. The van der Waals surface area contributed by atoms with Crippen molar-refractivity contribution in [2.75, 3.05) is 23.7 Å². The second-order valence-corrected chi connectivity index (χ2v) is 5.51. The van der Waals surface area contributed by atoms with Crippen LogP contribution in [0.3, 0.4) is 0 Å². The zero-order valence-corrected chi connectivity index (χ0v) is 10.7. The van der Waals surface area contributed by atoms with Gasteiger partial charge in [0.15, 0.2) is 0 Å². The number of nitrogen functional groups attached to an aromatic ring is 1. The largest absolute Gasteiger partial charge is 0.399 e. The highest BCUT2D eigenvalue weighted by Gasteiger charge is 2.30. The Morgan fingerprint density at radius 3 is 2.18 bits per heavy atom. The minimum absolute atomic E-state index is 0.410. The van der Waals surface area contributed by atoms with E-state index < -0.39 is 5.60 Å². The Labute approximate surface area is 103 Å². The van der Waals surface area contributed by atoms with Crippen molar-refractivity contribution in [1.82, 2.24) is 0 Å². The highest BCUT2D eigenvalue weighted by Crippen LogP contribution is 2.30. The number of piperidine rings is 1. The number of hydrogen-bond acceptors (Lipinski definition) is 3. The third kappa shape index (κ3) is 2.91. The fourth-order valence-electron chi connectivity index (χ4n) is 2.53. The van der Waals surface area contributed by atoms with Crippen LogP contribution in [0.2, 0.25) is 0 Å². The first-order chi connectivity index (χ1) is 7.97. The van der Waals surface area contributed by atoms with Crippen molar-refractivity contribution in [2.45, 2.75) is 32.3 Å². The van der Waals surface area contributed by atoms with E-state index in [4.69, 9.17) is 5.73 Å². The molecule has 3 N–H and O–H groups in total. The van der Waals surface area contributed by atoms with Crippen LogP contribution >= 0.6 is 0 Å². The maximum Gasteiger partial charge on any atom is 0.0621 e. The van der Waals surface area contributed by atoms with Crippen molar-refractivity contribution >= 4 is 11.4 Å². The lowest BCUT2D eigenvalue weighted by molar-refractivity contribution is 0.00652. The number of hydrogen-bond donors (Lipinski definition) is 2. The summed E-state index contributed by atoms with van der Waals surface area (Å²) in [5.41, 5.74) is 7.17. The van der Waals surface area contributed by atoms with Gasteiger partial charge in [-0.05, 0) is 56.9 Å². The predicted molar refractivity (Wildman–Crippen MR) is 72.1 cm³/mol. The van der Waals surface area contributed by atoms with Gasteiger partial charge < -0.3 is 15.7 Å². The molecule has 0 radical (unpaired) electrons. The zero-order valence-electron chi connectivity index (χ0n) is 10.7. The number of benzene rings is 1. The van der Waals surface area contributed by atoms with Gasteiger partial charge in [0.25, 0.3) is 0 Å². The lowest BCUT2D eigenvalue weighted by Crippen LogP contribution is -2.41. The maximum absolute atomic E-state index is 10.0. The van der Waals surface area contributed by atoms with Crippen LogP contribution < -0.4 is 10.6 Å². The molecule has 1 aromatic carbocycles. The maximum atomic E-state index is 10.0. The Hall–Kier alpha value is -1.22. The monoisotopic (exact) mass is 234 g/mol. The van der Waals surface area contributed by atoms with E-state index >= 15 is 0 Å². The molecule has 1 aliphatic heterocycles. The first-order valence-corrected chi connectivity index (χ1v) is 6.29. The molecule has 1 saturated heterocycles. The van der Waals surface area contributed by atoms with Crippen LogP contribution in [0.4, 0.5) is 11.4 Å². The summed E-state index contributed by atoms with van der Waals surface area (Å²) in [5, 5.41) is 10.0. The minimum Gasteiger partial charge on any atom is -0.399 e. The minimum atomic E-state index is -0.548. The van der Waals surface area contributed by atoms with Crippen molar-refractivity contribution in [1.29, 1.82) is 0 Å². The fraction of sp³-hybridized carbons (Fsp3) is 0.571. The summed E-state index contributed by atoms with van der Waals surface area (Å²) in [4.78, 5) is 2.36. The average Bonchev–Trinajstić information content (AvgIpc) is 2.29. The smallest absolute Gasteiger partial charge is 0.0621 e. The Bertz CT molecular complexity index is 359. The van der Waals surface area contributed by atoms with Gasteiger partial charge in [0.2, 0.25) is 0 Å². The number of nitrogens with two attached hydrogens (primary N) is 1. The van der Waals surface area contributed by atoms with E-state index in [2.05, 4.69) is 17.0 Å². The Morgan fingerprint density at radius 2 is 1.71 bits per heavy atom. The number of nitrogens with zero attached hydrogens (tertiary/aromatic N) is 1. The summed E-state index contributed by atoms with van der Waals surface area (Å²) in [6.45, 7) is 5.85. The highest BCUT2D eigenvalue weighted by molar-refractivity contribution is 5.53. The highest BCUT2D eigenvalue weighted by atomic mass is 16.3. The summed E-state index contributed by atoms with van der Waals surface area (Å²) in [7, 11) is 0. The van der Waals surface area contributed by atoms with Gasteiger partial charge in [-0.3, -0.25) is 0 Å². The molecule has 0 bridgehead atoms. The summed E-state index contributed by atoms with van der Waals surface area (Å²) in [6.07, 6.45) is 2.10. The Kier molecular flexibility index (Phi) is 3.29. The molecule has 0 atom stereocenters. The molecule has 94 valence electrons. The fourth-order valence-corrected chi connectivity index (χ4v) is 2.53. The molecule has 0 unspecified atom stereocenters. The average molecular weight is 234 g/mol. The third-order valence-corrected chi connectivity index (χ3v) is 3.75. The van der Waals surface area contributed by atoms with Gasteiger partial charge in [0.1, 0.15) is 0 Å². The quantitative estimate of drug-likeness (QED) is 0.772. The van der Waals surface area contributed by atoms with Crippen LogP contribution in [0.5, 0.6) is 0 Å². The topological polar surface area (TPSA) is 49.5 Å². The number of anilines is 2. The molecule has 0 saturated carbocycles. The zero-order chi connectivity index (χ0) is 12.5. The van der Waals surface area contributed by atoms with Gasteiger partial charge in [-0.2, -0.15) is 0 Å². The lowest BCUT2D eigenvalue weighted by atomic mass is 9.83. The Morgan fingerprint density at radius 1 is 1.18 bits per heavy atom. The van der Waals surface area contributed by atoms with Crippen molar-refractivity contribution in [3.63, 3.8) is 0 Å². The molecule has 1 heterocycles. The van der Waals surface area contributed by atoms with Gasteiger partial charge >= 0.3 is 0 Å². The summed E-state index contributed by atoms with van der Waals surface area (Å²) in [5.74, 6) is 0.410. The molecular formula is C14H22N2O. The van der Waals surface area contributed by atoms with Crippen LogP contribution in [0, 0.1) is 5.92 Å². The number of aliphatic hydroxyl groups is 1. The van der Waals surface area contributed by atoms with Crippen LogP contribution in [0.25, 0.3) is 0 Å². The van der Waals surface area contributed by atoms with Gasteiger partial charge in [0, 0.05) is 24.5 Å². The second-order valence-electron chi connectivity index (χ2n) is 5.51. The molecule has 3 heteroatoms.